The van der Waals surface area contributed by atoms with Crippen molar-refractivity contribution in [1.29, 1.82) is 0 Å². The van der Waals surface area contributed by atoms with Gasteiger partial charge < -0.3 is 18.9 Å². The van der Waals surface area contributed by atoms with Crippen LogP contribution in [0.3, 0.4) is 0 Å². The van der Waals surface area contributed by atoms with Crippen molar-refractivity contribution in [2.75, 3.05) is 0 Å². The molecule has 0 radical (unpaired) electrons. The standard InChI is InChI=1S/C19H17N2O2S.3C18H15N2O2S.4C6H5.4C5H5N.4Pd/c1-14-7-9-16(10-8-14)24(22,23)21-18-6-4-3-5-17(18)19-13-15(2)11-12-20-19;1-14-8-2-5-12-18(14)23(21,22)20-17-11-4-3-9-15(17)16-10-6-7-13-19-16;2*1-14-9-11-15(12-10-14)23(21,22)20-18-8-3-2-6-16(18)17-7-4-5-13-19-17;8*1-2-4-6-5-3-1;;;;/h3-13H,1-2H3;3*2-13H,1H3;8*1-5H;;;;/q8*-1;;;;;4*+2. The summed E-state index contributed by atoms with van der Waals surface area (Å²) < 4.78 is 116. The first-order valence-electron chi connectivity index (χ1n) is 43.9. The molecule has 0 bridgehead atoms. The molecule has 0 aliphatic carbocycles. The number of nitrogens with zero attached hydrogens (tertiary/aromatic N) is 12. The first-order chi connectivity index (χ1) is 68.7. The van der Waals surface area contributed by atoms with Crippen LogP contribution >= 0.6 is 0 Å². The fourth-order valence-corrected chi connectivity index (χ4v) is 15.9. The van der Waals surface area contributed by atoms with Crippen molar-refractivity contribution < 1.29 is 115 Å². The van der Waals surface area contributed by atoms with Crippen LogP contribution in [0.15, 0.2) is 549 Å². The van der Waals surface area contributed by atoms with E-state index < -0.39 is 40.1 Å². The van der Waals surface area contributed by atoms with Crippen molar-refractivity contribution in [1.82, 2.24) is 39.9 Å². The largest absolute Gasteiger partial charge is 2.00 e. The number of pyridine rings is 8. The molecule has 0 unspecified atom stereocenters. The number of rotatable bonds is 16. The number of hydrogen-bond donors (Lipinski definition) is 0. The van der Waals surface area contributed by atoms with Gasteiger partial charge in [0.2, 0.25) is 0 Å². The van der Waals surface area contributed by atoms with Gasteiger partial charge in [0.1, 0.15) is 40.1 Å². The van der Waals surface area contributed by atoms with Crippen LogP contribution in [-0.4, -0.2) is 73.5 Å². The Bertz CT molecular complexity index is 6570. The molecule has 20 aromatic rings. The predicted octanol–water partition coefficient (Wildman–Crippen LogP) is 28.4. The molecule has 0 aliphatic rings. The van der Waals surface area contributed by atoms with Crippen LogP contribution in [0.5, 0.6) is 0 Å². The van der Waals surface area contributed by atoms with Crippen LogP contribution in [0.4, 0.5) is 22.7 Å². The molecule has 0 amide bonds. The Morgan fingerprint density at radius 1 is 0.193 bits per heavy atom. The summed E-state index contributed by atoms with van der Waals surface area (Å²) in [6.07, 6.45) is 20.7. The molecule has 145 heavy (non-hydrogen) atoms. The molecule has 20 rings (SSSR count). The van der Waals surface area contributed by atoms with E-state index in [1.165, 1.54) is 0 Å². The second-order valence-electron chi connectivity index (χ2n) is 29.3. The Morgan fingerprint density at radius 2 is 0.414 bits per heavy atom. The Balaban J connectivity index is 0.000000292. The predicted molar refractivity (Wildman–Crippen MR) is 567 cm³/mol. The van der Waals surface area contributed by atoms with Gasteiger partial charge in [-0.2, -0.15) is 146 Å². The van der Waals surface area contributed by atoms with Crippen molar-refractivity contribution in [3.05, 3.63) is 600 Å². The van der Waals surface area contributed by atoms with E-state index in [0.29, 0.717) is 73.3 Å². The summed E-state index contributed by atoms with van der Waals surface area (Å²) in [5.74, 6) is 0. The number of aryl methyl sites for hydroxylation is 5. The van der Waals surface area contributed by atoms with Crippen molar-refractivity contribution in [3.63, 3.8) is 0 Å². The molecule has 28 heteroatoms. The SMILES string of the molecule is Cc1ccc(S(=O)(=O)[N-]c2ccccc2-c2cc(C)ccn2)cc1.Cc1ccc(S(=O)(=O)[N-]c2ccccc2-c2ccccn2)cc1.Cc1ccc(S(=O)(=O)[N-]c2ccccc2-c2ccccn2)cc1.Cc1ccccc1S(=O)(=O)[N-]c1ccccc1-c1ccccn1.[Pd+2].[Pd+2].[Pd+2].[Pd+2].[c-]1ccccc1.[c-]1ccccc1.[c-]1ccccc1.[c-]1ccccc1.c1ccncc1.c1ccncc1.c1ccncc1.c1ccncc1. The van der Waals surface area contributed by atoms with Crippen molar-refractivity contribution in [3.8, 4) is 45.0 Å². The van der Waals surface area contributed by atoms with E-state index in [-0.39, 0.29) is 101 Å². The summed E-state index contributed by atoms with van der Waals surface area (Å²) in [4.78, 5) is 33.0. The summed E-state index contributed by atoms with van der Waals surface area (Å²) in [6.45, 7) is 9.45. The molecule has 12 aromatic carbocycles. The normalized spacial score (nSPS) is 9.83. The Kier molecular flexibility index (Phi) is 57.9. The maximum Gasteiger partial charge on any atom is 2.00 e. The molecule has 8 heterocycles. The zero-order chi connectivity index (χ0) is 100.0. The van der Waals surface area contributed by atoms with Gasteiger partial charge >= 0.3 is 81.7 Å². The molecular weight excluding hydrogens is 2260 g/mol. The van der Waals surface area contributed by atoms with Crippen LogP contribution in [0.2, 0.25) is 0 Å². The molecule has 20 nitrogen and oxygen atoms in total. The van der Waals surface area contributed by atoms with Gasteiger partial charge in [0.15, 0.2) is 0 Å². The first kappa shape index (κ1) is 121. The molecule has 0 saturated heterocycles. The minimum atomic E-state index is -3.78. The number of benzene rings is 12. The Morgan fingerprint density at radius 3 is 0.628 bits per heavy atom. The molecule has 8 aromatic heterocycles. The second kappa shape index (κ2) is 69.4. The summed E-state index contributed by atoms with van der Waals surface area (Å²) in [5.41, 5.74) is 11.8. The molecule has 0 saturated carbocycles. The third-order valence-electron chi connectivity index (χ3n) is 18.5. The minimum absolute atomic E-state index is 0. The third kappa shape index (κ3) is 46.6. The average Bonchev–Trinajstić information content (AvgIpc) is 0.835. The molecule has 0 atom stereocenters. The number of aromatic nitrogens is 8. The molecule has 0 aliphatic heterocycles. The van der Waals surface area contributed by atoms with Crippen LogP contribution in [-0.2, 0) is 122 Å². The Labute approximate surface area is 909 Å². The van der Waals surface area contributed by atoms with E-state index in [1.54, 1.807) is 227 Å². The zero-order valence-electron chi connectivity index (χ0n) is 79.3. The van der Waals surface area contributed by atoms with Crippen molar-refractivity contribution in [2.24, 2.45) is 0 Å². The second-order valence-corrected chi connectivity index (χ2v) is 35.7. The molecule has 0 N–H and O–H groups in total. The topological polar surface area (TPSA) is 296 Å². The van der Waals surface area contributed by atoms with Crippen LogP contribution in [0, 0.1) is 58.9 Å². The summed E-state index contributed by atoms with van der Waals surface area (Å²) in [6, 6.07) is 148. The number of sulfonamides is 4. The third-order valence-corrected chi connectivity index (χ3v) is 23.9. The van der Waals surface area contributed by atoms with E-state index >= 15 is 0 Å². The van der Waals surface area contributed by atoms with E-state index in [0.717, 1.165) is 22.3 Å². The summed E-state index contributed by atoms with van der Waals surface area (Å²) in [5, 5.41) is 0. The summed E-state index contributed by atoms with van der Waals surface area (Å²) in [7, 11) is -15.1. The molecule has 742 valence electrons. The van der Waals surface area contributed by atoms with Crippen LogP contribution < -0.4 is 0 Å². The minimum Gasteiger partial charge on any atom is -0.572 e. The van der Waals surface area contributed by atoms with E-state index in [4.69, 9.17) is 0 Å². The zero-order valence-corrected chi connectivity index (χ0v) is 88.7. The van der Waals surface area contributed by atoms with Crippen LogP contribution in [0.1, 0.15) is 27.8 Å². The fourth-order valence-electron chi connectivity index (χ4n) is 11.6. The van der Waals surface area contributed by atoms with Gasteiger partial charge in [0, 0.05) is 74.4 Å². The maximum absolute atomic E-state index is 12.6. The average molecular weight is 2360 g/mol. The van der Waals surface area contributed by atoms with Gasteiger partial charge in [-0.1, -0.05) is 211 Å². The van der Waals surface area contributed by atoms with E-state index in [9.17, 15) is 33.7 Å². The Hall–Kier alpha value is -14.5. The molecule has 0 spiro atoms. The van der Waals surface area contributed by atoms with Gasteiger partial charge in [0.05, 0.1) is 42.4 Å². The number of hydrogen-bond acceptors (Lipinski definition) is 16. The fraction of sp³-hybridized carbons (Fsp3) is 0.0427. The maximum atomic E-state index is 12.6. The molecular formula is C117H102N12O8Pd4S4. The first-order valence-corrected chi connectivity index (χ1v) is 49.7. The van der Waals surface area contributed by atoms with Gasteiger partial charge in [-0.05, 0) is 208 Å². The quantitative estimate of drug-likeness (QED) is 0.0641. The van der Waals surface area contributed by atoms with Gasteiger partial charge in [-0.3, -0.25) is 39.9 Å². The monoisotopic (exact) mass is 2350 g/mol. The van der Waals surface area contributed by atoms with Gasteiger partial charge in [0.25, 0.3) is 0 Å². The van der Waals surface area contributed by atoms with E-state index in [2.05, 4.69) is 83.0 Å². The van der Waals surface area contributed by atoms with Crippen molar-refractivity contribution >= 4 is 62.8 Å². The van der Waals surface area contributed by atoms with Crippen LogP contribution in [0.25, 0.3) is 63.9 Å². The van der Waals surface area contributed by atoms with Gasteiger partial charge in [-0.15, -0.1) is 22.7 Å². The smallest absolute Gasteiger partial charge is 0.572 e. The van der Waals surface area contributed by atoms with E-state index in [1.807, 2.05) is 337 Å². The van der Waals surface area contributed by atoms with Crippen molar-refractivity contribution in [2.45, 2.75) is 54.2 Å². The van der Waals surface area contributed by atoms with Gasteiger partial charge in [-0.25, -0.2) is 33.7 Å². The summed E-state index contributed by atoms with van der Waals surface area (Å²) >= 11 is 0. The molecule has 0 fully saturated rings.